The maximum absolute atomic E-state index is 11.9. The van der Waals surface area contributed by atoms with Crippen molar-refractivity contribution in [1.82, 2.24) is 0 Å². The molecule has 110 valence electrons. The molecule has 0 bridgehead atoms. The van der Waals surface area contributed by atoms with Gasteiger partial charge in [-0.2, -0.15) is 0 Å². The number of aliphatic carboxylic acids is 1. The summed E-state index contributed by atoms with van der Waals surface area (Å²) < 4.78 is 5.73. The molecule has 1 aromatic carbocycles. The predicted octanol–water partition coefficient (Wildman–Crippen LogP) is 2.44. The monoisotopic (exact) mass is 278 g/mol. The van der Waals surface area contributed by atoms with Gasteiger partial charge in [0.25, 0.3) is 0 Å². The van der Waals surface area contributed by atoms with Gasteiger partial charge in [-0.05, 0) is 35.8 Å². The number of carboxylic acid groups (broad SMARTS) is 1. The van der Waals surface area contributed by atoms with Crippen LogP contribution in [0.15, 0.2) is 24.3 Å². The molecular weight excluding hydrogens is 256 g/mol. The first-order valence-corrected chi connectivity index (χ1v) is 7.02. The maximum Gasteiger partial charge on any atom is 0.340 e. The third kappa shape index (κ3) is 2.45. The lowest BCUT2D eigenvalue weighted by atomic mass is 9.66. The summed E-state index contributed by atoms with van der Waals surface area (Å²) in [6.45, 7) is 4.51. The second kappa shape index (κ2) is 5.54. The van der Waals surface area contributed by atoms with E-state index >= 15 is 0 Å². The summed E-state index contributed by atoms with van der Waals surface area (Å²) in [5.41, 5.74) is 0.469. The Kier molecular flexibility index (Phi) is 4.16. The fourth-order valence-corrected chi connectivity index (χ4v) is 2.93. The summed E-state index contributed by atoms with van der Waals surface area (Å²) in [4.78, 5) is 11.9. The van der Waals surface area contributed by atoms with Crippen molar-refractivity contribution in [2.45, 2.75) is 44.1 Å². The lowest BCUT2D eigenvalue weighted by molar-refractivity contribution is -0.171. The first kappa shape index (κ1) is 15.0. The molecule has 0 fully saturated rings. The van der Waals surface area contributed by atoms with Crippen molar-refractivity contribution in [3.63, 3.8) is 0 Å². The van der Waals surface area contributed by atoms with Gasteiger partial charge >= 0.3 is 5.97 Å². The Morgan fingerprint density at radius 2 is 1.90 bits per heavy atom. The first-order valence-electron chi connectivity index (χ1n) is 7.02. The number of benzene rings is 1. The van der Waals surface area contributed by atoms with E-state index in [0.717, 1.165) is 17.5 Å². The molecule has 2 N–H and O–H groups in total. The number of ether oxygens (including phenoxy) is 1. The SMILES string of the molecule is CC1(C)CCC(OCCCO)(C(=O)O)c2ccccc21. The highest BCUT2D eigenvalue weighted by molar-refractivity contribution is 5.81. The molecule has 0 radical (unpaired) electrons. The molecule has 1 aliphatic carbocycles. The number of carbonyl (C=O) groups is 1. The zero-order valence-corrected chi connectivity index (χ0v) is 12.1. The second-order valence-electron chi connectivity index (χ2n) is 5.99. The van der Waals surface area contributed by atoms with Gasteiger partial charge in [0, 0.05) is 6.61 Å². The van der Waals surface area contributed by atoms with Gasteiger partial charge in [0.1, 0.15) is 0 Å². The van der Waals surface area contributed by atoms with Crippen molar-refractivity contribution in [3.05, 3.63) is 35.4 Å². The molecule has 0 amide bonds. The van der Waals surface area contributed by atoms with Crippen LogP contribution >= 0.6 is 0 Å². The van der Waals surface area contributed by atoms with Crippen molar-refractivity contribution in [1.29, 1.82) is 0 Å². The van der Waals surface area contributed by atoms with E-state index in [9.17, 15) is 9.90 Å². The predicted molar refractivity (Wildman–Crippen MR) is 75.7 cm³/mol. The molecule has 20 heavy (non-hydrogen) atoms. The van der Waals surface area contributed by atoms with Gasteiger partial charge in [-0.1, -0.05) is 38.1 Å². The van der Waals surface area contributed by atoms with Crippen molar-refractivity contribution < 1.29 is 19.7 Å². The molecule has 0 aromatic heterocycles. The zero-order valence-electron chi connectivity index (χ0n) is 12.1. The Balaban J connectivity index is 2.46. The van der Waals surface area contributed by atoms with Crippen LogP contribution in [0.5, 0.6) is 0 Å². The van der Waals surface area contributed by atoms with Crippen molar-refractivity contribution in [2.75, 3.05) is 13.2 Å². The summed E-state index contributed by atoms with van der Waals surface area (Å²) >= 11 is 0. The van der Waals surface area contributed by atoms with Gasteiger partial charge in [-0.25, -0.2) is 4.79 Å². The van der Waals surface area contributed by atoms with Crippen molar-refractivity contribution in [2.24, 2.45) is 0 Å². The van der Waals surface area contributed by atoms with Crippen LogP contribution in [0, 0.1) is 0 Å². The van der Waals surface area contributed by atoms with Crippen molar-refractivity contribution in [3.8, 4) is 0 Å². The van der Waals surface area contributed by atoms with E-state index in [0.29, 0.717) is 12.8 Å². The quantitative estimate of drug-likeness (QED) is 0.812. The van der Waals surface area contributed by atoms with Crippen LogP contribution < -0.4 is 0 Å². The van der Waals surface area contributed by atoms with E-state index in [1.54, 1.807) is 0 Å². The van der Waals surface area contributed by atoms with Gasteiger partial charge in [0.2, 0.25) is 0 Å². The highest BCUT2D eigenvalue weighted by Crippen LogP contribution is 2.46. The fourth-order valence-electron chi connectivity index (χ4n) is 2.93. The van der Waals surface area contributed by atoms with Crippen LogP contribution in [-0.4, -0.2) is 29.4 Å². The summed E-state index contributed by atoms with van der Waals surface area (Å²) in [5.74, 6) is -0.946. The summed E-state index contributed by atoms with van der Waals surface area (Å²) in [6.07, 6.45) is 1.66. The Morgan fingerprint density at radius 1 is 1.25 bits per heavy atom. The molecule has 2 rings (SSSR count). The molecule has 0 heterocycles. The third-order valence-corrected chi connectivity index (χ3v) is 4.19. The standard InChI is InChI=1S/C16H22O4/c1-15(2)8-9-16(14(18)19,20-11-5-10-17)13-7-4-3-6-12(13)15/h3-4,6-7,17H,5,8-11H2,1-2H3,(H,18,19). The third-order valence-electron chi connectivity index (χ3n) is 4.19. The number of rotatable bonds is 5. The van der Waals surface area contributed by atoms with Crippen LogP contribution in [0.25, 0.3) is 0 Å². The van der Waals surface area contributed by atoms with E-state index in [-0.39, 0.29) is 18.6 Å². The van der Waals surface area contributed by atoms with E-state index in [1.165, 1.54) is 0 Å². The Labute approximate surface area is 119 Å². The molecule has 0 saturated heterocycles. The molecule has 4 nitrogen and oxygen atoms in total. The molecule has 1 atom stereocenters. The van der Waals surface area contributed by atoms with Crippen LogP contribution in [0.3, 0.4) is 0 Å². The van der Waals surface area contributed by atoms with Crippen LogP contribution in [0.1, 0.15) is 44.2 Å². The first-order chi connectivity index (χ1) is 9.44. The lowest BCUT2D eigenvalue weighted by Crippen LogP contribution is -2.45. The molecule has 4 heteroatoms. The maximum atomic E-state index is 11.9. The average Bonchev–Trinajstić information content (AvgIpc) is 2.42. The number of aliphatic hydroxyl groups is 1. The van der Waals surface area contributed by atoms with Crippen LogP contribution in [0.2, 0.25) is 0 Å². The highest BCUT2D eigenvalue weighted by atomic mass is 16.5. The van der Waals surface area contributed by atoms with E-state index in [4.69, 9.17) is 9.84 Å². The molecule has 1 unspecified atom stereocenters. The van der Waals surface area contributed by atoms with Crippen LogP contribution in [-0.2, 0) is 20.5 Å². The van der Waals surface area contributed by atoms with Gasteiger partial charge in [-0.3, -0.25) is 0 Å². The summed E-state index contributed by atoms with van der Waals surface area (Å²) in [5, 5.41) is 18.6. The Hall–Kier alpha value is -1.39. The van der Waals surface area contributed by atoms with Crippen molar-refractivity contribution >= 4 is 5.97 Å². The summed E-state index contributed by atoms with van der Waals surface area (Å²) in [7, 11) is 0. The smallest absolute Gasteiger partial charge is 0.340 e. The number of aliphatic hydroxyl groups excluding tert-OH is 1. The highest BCUT2D eigenvalue weighted by Gasteiger charge is 2.49. The molecule has 1 aliphatic rings. The minimum atomic E-state index is -1.28. The van der Waals surface area contributed by atoms with Crippen LogP contribution in [0.4, 0.5) is 0 Å². The molecular formula is C16H22O4. The van der Waals surface area contributed by atoms with Gasteiger partial charge in [-0.15, -0.1) is 0 Å². The topological polar surface area (TPSA) is 66.8 Å². The van der Waals surface area contributed by atoms with E-state index in [1.807, 2.05) is 24.3 Å². The molecule has 0 spiro atoms. The summed E-state index contributed by atoms with van der Waals surface area (Å²) in [6, 6.07) is 7.63. The minimum absolute atomic E-state index is 0.00282. The van der Waals surface area contributed by atoms with Gasteiger partial charge in [0.15, 0.2) is 5.60 Å². The normalized spacial score (nSPS) is 24.1. The average molecular weight is 278 g/mol. The Bertz CT molecular complexity index is 495. The fraction of sp³-hybridized carbons (Fsp3) is 0.562. The van der Waals surface area contributed by atoms with E-state index < -0.39 is 11.6 Å². The molecule has 0 aliphatic heterocycles. The Morgan fingerprint density at radius 3 is 2.50 bits per heavy atom. The van der Waals surface area contributed by atoms with Gasteiger partial charge in [0.05, 0.1) is 6.61 Å². The number of hydrogen-bond donors (Lipinski definition) is 2. The minimum Gasteiger partial charge on any atom is -0.479 e. The van der Waals surface area contributed by atoms with E-state index in [2.05, 4.69) is 13.8 Å². The lowest BCUT2D eigenvalue weighted by Gasteiger charge is -2.42. The number of fused-ring (bicyclic) bond motifs is 1. The molecule has 0 saturated carbocycles. The number of hydrogen-bond acceptors (Lipinski definition) is 3. The zero-order chi connectivity index (χ0) is 14.8. The molecule has 1 aromatic rings. The number of carboxylic acids is 1. The largest absolute Gasteiger partial charge is 0.479 e. The second-order valence-corrected chi connectivity index (χ2v) is 5.99. The van der Waals surface area contributed by atoms with Gasteiger partial charge < -0.3 is 14.9 Å².